The highest BCUT2D eigenvalue weighted by Crippen LogP contribution is 2.31. The number of halogens is 4. The van der Waals surface area contributed by atoms with Crippen molar-refractivity contribution in [3.63, 3.8) is 0 Å². The summed E-state index contributed by atoms with van der Waals surface area (Å²) in [7, 11) is 1.55. The van der Waals surface area contributed by atoms with E-state index in [0.29, 0.717) is 13.2 Å². The Morgan fingerprint density at radius 3 is 2.47 bits per heavy atom. The molecule has 17 heavy (non-hydrogen) atoms. The van der Waals surface area contributed by atoms with Crippen molar-refractivity contribution >= 4 is 12.4 Å². The lowest BCUT2D eigenvalue weighted by molar-refractivity contribution is -0.138. The quantitative estimate of drug-likeness (QED) is 0.830. The Morgan fingerprint density at radius 2 is 1.88 bits per heavy atom. The monoisotopic (exact) mass is 269 g/mol. The van der Waals surface area contributed by atoms with E-state index in [1.165, 1.54) is 12.1 Å². The van der Waals surface area contributed by atoms with Gasteiger partial charge in [-0.1, -0.05) is 18.2 Å². The fourth-order valence-electron chi connectivity index (χ4n) is 1.35. The second-order valence-corrected chi connectivity index (χ2v) is 3.32. The average molecular weight is 270 g/mol. The summed E-state index contributed by atoms with van der Waals surface area (Å²) in [5.41, 5.74) is -0.328. The molecule has 0 aliphatic heterocycles. The molecule has 1 N–H and O–H groups in total. The SMILES string of the molecule is COCCNCc1ccccc1C(F)(F)F.Cl. The van der Waals surface area contributed by atoms with Crippen LogP contribution < -0.4 is 5.32 Å². The lowest BCUT2D eigenvalue weighted by Crippen LogP contribution is -2.21. The standard InChI is InChI=1S/C11H14F3NO.ClH/c1-16-7-6-15-8-9-4-2-3-5-10(9)11(12,13)14;/h2-5,15H,6-8H2,1H3;1H. The molecule has 1 aromatic rings. The second-order valence-electron chi connectivity index (χ2n) is 3.32. The molecule has 0 amide bonds. The topological polar surface area (TPSA) is 21.3 Å². The number of rotatable bonds is 5. The van der Waals surface area contributed by atoms with Gasteiger partial charge in [-0.25, -0.2) is 0 Å². The highest BCUT2D eigenvalue weighted by Gasteiger charge is 2.32. The molecule has 0 aliphatic rings. The van der Waals surface area contributed by atoms with Crippen LogP contribution in [0.25, 0.3) is 0 Å². The molecule has 0 heterocycles. The Kier molecular flexibility index (Phi) is 7.18. The predicted octanol–water partition coefficient (Wildman–Crippen LogP) is 2.86. The van der Waals surface area contributed by atoms with Gasteiger partial charge < -0.3 is 10.1 Å². The van der Waals surface area contributed by atoms with Crippen molar-refractivity contribution in [2.75, 3.05) is 20.3 Å². The van der Waals surface area contributed by atoms with E-state index < -0.39 is 11.7 Å². The first-order valence-electron chi connectivity index (χ1n) is 4.90. The summed E-state index contributed by atoms with van der Waals surface area (Å²) in [5.74, 6) is 0. The van der Waals surface area contributed by atoms with Crippen LogP contribution in [0.3, 0.4) is 0 Å². The molecule has 0 bridgehead atoms. The fraction of sp³-hybridized carbons (Fsp3) is 0.455. The maximum absolute atomic E-state index is 12.6. The molecule has 0 saturated carbocycles. The Hall–Kier alpha value is -0.780. The zero-order chi connectivity index (χ0) is 12.0. The summed E-state index contributed by atoms with van der Waals surface area (Å²) in [6.07, 6.45) is -4.29. The third-order valence-corrected chi connectivity index (χ3v) is 2.12. The van der Waals surface area contributed by atoms with Gasteiger partial charge in [0.15, 0.2) is 0 Å². The van der Waals surface area contributed by atoms with Gasteiger partial charge in [0.05, 0.1) is 12.2 Å². The van der Waals surface area contributed by atoms with Gasteiger partial charge in [-0.2, -0.15) is 13.2 Å². The molecule has 6 heteroatoms. The average Bonchev–Trinajstić information content (AvgIpc) is 2.24. The second kappa shape index (κ2) is 7.53. The molecule has 0 spiro atoms. The van der Waals surface area contributed by atoms with E-state index in [9.17, 15) is 13.2 Å². The summed E-state index contributed by atoms with van der Waals surface area (Å²) in [4.78, 5) is 0. The zero-order valence-corrected chi connectivity index (χ0v) is 10.2. The number of nitrogens with one attached hydrogen (secondary N) is 1. The molecule has 1 rings (SSSR count). The first-order chi connectivity index (χ1) is 7.55. The Bertz CT molecular complexity index is 331. The van der Waals surface area contributed by atoms with Crippen LogP contribution >= 0.6 is 12.4 Å². The normalized spacial score (nSPS) is 11.1. The summed E-state index contributed by atoms with van der Waals surface area (Å²) >= 11 is 0. The molecule has 1 aromatic carbocycles. The van der Waals surface area contributed by atoms with E-state index in [4.69, 9.17) is 4.74 Å². The van der Waals surface area contributed by atoms with Gasteiger partial charge in [0.25, 0.3) is 0 Å². The van der Waals surface area contributed by atoms with Gasteiger partial charge in [-0.3, -0.25) is 0 Å². The Morgan fingerprint density at radius 1 is 1.24 bits per heavy atom. The van der Waals surface area contributed by atoms with Gasteiger partial charge in [-0.05, 0) is 11.6 Å². The van der Waals surface area contributed by atoms with Crippen LogP contribution in [0.4, 0.5) is 13.2 Å². The van der Waals surface area contributed by atoms with Crippen molar-refractivity contribution in [1.29, 1.82) is 0 Å². The van der Waals surface area contributed by atoms with E-state index in [-0.39, 0.29) is 24.5 Å². The molecular formula is C11H15ClF3NO. The van der Waals surface area contributed by atoms with E-state index in [2.05, 4.69) is 5.32 Å². The smallest absolute Gasteiger partial charge is 0.383 e. The van der Waals surface area contributed by atoms with Crippen LogP contribution in [0.2, 0.25) is 0 Å². The number of alkyl halides is 3. The minimum atomic E-state index is -4.29. The summed E-state index contributed by atoms with van der Waals surface area (Å²) in [6, 6.07) is 5.56. The van der Waals surface area contributed by atoms with Gasteiger partial charge in [-0.15, -0.1) is 12.4 Å². The van der Waals surface area contributed by atoms with Crippen LogP contribution in [0.1, 0.15) is 11.1 Å². The first-order valence-corrected chi connectivity index (χ1v) is 4.90. The molecular weight excluding hydrogens is 255 g/mol. The molecule has 98 valence electrons. The first kappa shape index (κ1) is 16.2. The largest absolute Gasteiger partial charge is 0.416 e. The van der Waals surface area contributed by atoms with Crippen molar-refractivity contribution < 1.29 is 17.9 Å². The minimum absolute atomic E-state index is 0. The van der Waals surface area contributed by atoms with E-state index >= 15 is 0 Å². The number of ether oxygens (including phenoxy) is 1. The van der Waals surface area contributed by atoms with Crippen molar-refractivity contribution in [2.24, 2.45) is 0 Å². The highest BCUT2D eigenvalue weighted by atomic mass is 35.5. The third kappa shape index (κ3) is 5.39. The fourth-order valence-corrected chi connectivity index (χ4v) is 1.35. The number of hydrogen-bond donors (Lipinski definition) is 1. The number of benzene rings is 1. The highest BCUT2D eigenvalue weighted by molar-refractivity contribution is 5.85. The molecule has 0 fully saturated rings. The maximum Gasteiger partial charge on any atom is 0.416 e. The number of methoxy groups -OCH3 is 1. The van der Waals surface area contributed by atoms with E-state index in [1.54, 1.807) is 13.2 Å². The van der Waals surface area contributed by atoms with Crippen LogP contribution in [0, 0.1) is 0 Å². The Balaban J connectivity index is 0.00000256. The van der Waals surface area contributed by atoms with E-state index in [0.717, 1.165) is 6.07 Å². The van der Waals surface area contributed by atoms with Gasteiger partial charge in [0.1, 0.15) is 0 Å². The van der Waals surface area contributed by atoms with Crippen LogP contribution in [0.5, 0.6) is 0 Å². The maximum atomic E-state index is 12.6. The van der Waals surface area contributed by atoms with Gasteiger partial charge in [0.2, 0.25) is 0 Å². The van der Waals surface area contributed by atoms with Crippen molar-refractivity contribution in [3.05, 3.63) is 35.4 Å². The van der Waals surface area contributed by atoms with Crippen LogP contribution in [-0.2, 0) is 17.5 Å². The Labute approximate surface area is 105 Å². The minimum Gasteiger partial charge on any atom is -0.383 e. The van der Waals surface area contributed by atoms with Gasteiger partial charge in [0, 0.05) is 20.2 Å². The van der Waals surface area contributed by atoms with Crippen LogP contribution in [0.15, 0.2) is 24.3 Å². The zero-order valence-electron chi connectivity index (χ0n) is 9.38. The molecule has 0 atom stereocenters. The van der Waals surface area contributed by atoms with E-state index in [1.807, 2.05) is 0 Å². The third-order valence-electron chi connectivity index (χ3n) is 2.12. The molecule has 0 saturated heterocycles. The summed E-state index contributed by atoms with van der Waals surface area (Å²) in [5, 5.41) is 2.89. The lowest BCUT2D eigenvalue weighted by atomic mass is 10.1. The molecule has 0 unspecified atom stereocenters. The predicted molar refractivity (Wildman–Crippen MR) is 62.3 cm³/mol. The van der Waals surface area contributed by atoms with Crippen LogP contribution in [-0.4, -0.2) is 20.3 Å². The summed E-state index contributed by atoms with van der Waals surface area (Å²) in [6.45, 7) is 1.20. The number of hydrogen-bond acceptors (Lipinski definition) is 2. The molecule has 0 radical (unpaired) electrons. The molecule has 2 nitrogen and oxygen atoms in total. The molecule has 0 aromatic heterocycles. The molecule has 0 aliphatic carbocycles. The lowest BCUT2D eigenvalue weighted by Gasteiger charge is -2.12. The van der Waals surface area contributed by atoms with Crippen molar-refractivity contribution in [2.45, 2.75) is 12.7 Å². The van der Waals surface area contributed by atoms with Gasteiger partial charge >= 0.3 is 6.18 Å². The van der Waals surface area contributed by atoms with Crippen molar-refractivity contribution in [1.82, 2.24) is 5.32 Å². The van der Waals surface area contributed by atoms with Crippen molar-refractivity contribution in [3.8, 4) is 0 Å². The summed E-state index contributed by atoms with van der Waals surface area (Å²) < 4.78 is 42.5.